The summed E-state index contributed by atoms with van der Waals surface area (Å²) in [6.45, 7) is 5.49. The molecule has 2 N–H and O–H groups in total. The van der Waals surface area contributed by atoms with E-state index in [9.17, 15) is 9.59 Å². The van der Waals surface area contributed by atoms with Crippen LogP contribution in [0, 0.1) is 20.8 Å². The van der Waals surface area contributed by atoms with Crippen LogP contribution in [0.1, 0.15) is 27.3 Å². The minimum absolute atomic E-state index is 0.0455. The van der Waals surface area contributed by atoms with Crippen molar-refractivity contribution in [3.05, 3.63) is 70.0 Å². The zero-order valence-corrected chi connectivity index (χ0v) is 16.5. The zero-order chi connectivity index (χ0) is 20.3. The Kier molecular flexibility index (Phi) is 5.75. The van der Waals surface area contributed by atoms with Crippen molar-refractivity contribution in [1.82, 2.24) is 15.0 Å². The first-order chi connectivity index (χ1) is 13.3. The Morgan fingerprint density at radius 3 is 2.46 bits per heavy atom. The second kappa shape index (κ2) is 8.22. The van der Waals surface area contributed by atoms with Crippen LogP contribution in [0.15, 0.2) is 42.5 Å². The van der Waals surface area contributed by atoms with Gasteiger partial charge in [-0.1, -0.05) is 40.6 Å². The summed E-state index contributed by atoms with van der Waals surface area (Å²) in [5, 5.41) is 14.0. The number of carbonyl (C=O) groups excluding carboxylic acids is 2. The van der Waals surface area contributed by atoms with Crippen molar-refractivity contribution in [2.45, 2.75) is 27.3 Å². The highest BCUT2D eigenvalue weighted by molar-refractivity contribution is 6.31. The maximum Gasteiger partial charge on any atom is 0.278 e. The first kappa shape index (κ1) is 19.6. The molecule has 8 heteroatoms. The fourth-order valence-electron chi connectivity index (χ4n) is 2.60. The van der Waals surface area contributed by atoms with Crippen LogP contribution in [-0.2, 0) is 11.3 Å². The van der Waals surface area contributed by atoms with Gasteiger partial charge in [0, 0.05) is 16.4 Å². The van der Waals surface area contributed by atoms with Gasteiger partial charge in [0.25, 0.3) is 5.91 Å². The number of aryl methyl sites for hydroxylation is 2. The van der Waals surface area contributed by atoms with Crippen LogP contribution in [0.3, 0.4) is 0 Å². The number of benzene rings is 2. The van der Waals surface area contributed by atoms with E-state index >= 15 is 0 Å². The molecule has 144 valence electrons. The molecule has 0 atom stereocenters. The van der Waals surface area contributed by atoms with Gasteiger partial charge in [0.05, 0.1) is 5.69 Å². The van der Waals surface area contributed by atoms with Gasteiger partial charge in [-0.15, -0.1) is 5.10 Å². The molecule has 0 aliphatic carbocycles. The van der Waals surface area contributed by atoms with E-state index in [1.165, 1.54) is 4.68 Å². The lowest BCUT2D eigenvalue weighted by Gasteiger charge is -2.08. The minimum Gasteiger partial charge on any atom is -0.324 e. The van der Waals surface area contributed by atoms with Gasteiger partial charge in [-0.25, -0.2) is 4.68 Å². The molecule has 2 aromatic carbocycles. The molecular weight excluding hydrogens is 378 g/mol. The number of hydrogen-bond acceptors (Lipinski definition) is 4. The largest absolute Gasteiger partial charge is 0.324 e. The number of carbonyl (C=O) groups is 2. The molecule has 2 amide bonds. The molecule has 0 aliphatic rings. The van der Waals surface area contributed by atoms with E-state index in [0.717, 1.165) is 11.1 Å². The summed E-state index contributed by atoms with van der Waals surface area (Å²) < 4.78 is 1.39. The van der Waals surface area contributed by atoms with Gasteiger partial charge in [0.1, 0.15) is 6.54 Å². The summed E-state index contributed by atoms with van der Waals surface area (Å²) in [7, 11) is 0. The van der Waals surface area contributed by atoms with Crippen LogP contribution in [0.4, 0.5) is 11.4 Å². The molecule has 0 bridgehead atoms. The Morgan fingerprint density at radius 2 is 1.75 bits per heavy atom. The van der Waals surface area contributed by atoms with Crippen LogP contribution in [0.2, 0.25) is 5.02 Å². The van der Waals surface area contributed by atoms with E-state index < -0.39 is 5.91 Å². The van der Waals surface area contributed by atoms with Crippen molar-refractivity contribution in [2.75, 3.05) is 10.6 Å². The Labute approximate surface area is 167 Å². The average Bonchev–Trinajstić information content (AvgIpc) is 3.00. The molecule has 3 rings (SSSR count). The van der Waals surface area contributed by atoms with E-state index in [1.54, 1.807) is 19.1 Å². The minimum atomic E-state index is -0.409. The lowest BCUT2D eigenvalue weighted by molar-refractivity contribution is -0.117. The van der Waals surface area contributed by atoms with E-state index in [1.807, 2.05) is 44.2 Å². The lowest BCUT2D eigenvalue weighted by atomic mass is 10.2. The van der Waals surface area contributed by atoms with Crippen molar-refractivity contribution >= 4 is 34.8 Å². The van der Waals surface area contributed by atoms with Gasteiger partial charge in [-0.05, 0) is 50.6 Å². The molecule has 1 aromatic heterocycles. The van der Waals surface area contributed by atoms with E-state index in [2.05, 4.69) is 20.9 Å². The molecule has 0 saturated carbocycles. The van der Waals surface area contributed by atoms with Gasteiger partial charge < -0.3 is 10.6 Å². The second-order valence-corrected chi connectivity index (χ2v) is 6.95. The molecule has 0 spiro atoms. The van der Waals surface area contributed by atoms with Crippen LogP contribution in [0.25, 0.3) is 0 Å². The first-order valence-corrected chi connectivity index (χ1v) is 9.05. The number of rotatable bonds is 5. The van der Waals surface area contributed by atoms with Gasteiger partial charge in [-0.3, -0.25) is 9.59 Å². The molecular formula is C20H20ClN5O2. The van der Waals surface area contributed by atoms with Crippen LogP contribution >= 0.6 is 11.6 Å². The number of anilines is 2. The normalized spacial score (nSPS) is 10.6. The van der Waals surface area contributed by atoms with Gasteiger partial charge >= 0.3 is 0 Å². The number of halogens is 1. The van der Waals surface area contributed by atoms with Crippen molar-refractivity contribution in [1.29, 1.82) is 0 Å². The summed E-state index contributed by atoms with van der Waals surface area (Å²) in [6.07, 6.45) is 0. The number of amides is 2. The number of hydrogen-bond donors (Lipinski definition) is 2. The molecule has 7 nitrogen and oxygen atoms in total. The molecule has 0 aliphatic heterocycles. The topological polar surface area (TPSA) is 88.9 Å². The monoisotopic (exact) mass is 397 g/mol. The summed E-state index contributed by atoms with van der Waals surface area (Å²) >= 11 is 5.99. The highest BCUT2D eigenvalue weighted by Crippen LogP contribution is 2.21. The van der Waals surface area contributed by atoms with Gasteiger partial charge in [0.2, 0.25) is 5.91 Å². The standard InChI is InChI=1S/C20H20ClN5O2/c1-12-4-8-16(9-5-12)22-18(27)11-26-14(3)19(24-25-26)20(28)23-17-10-15(21)7-6-13(17)2/h4-10H,11H2,1-3H3,(H,22,27)(H,23,28). The van der Waals surface area contributed by atoms with E-state index in [0.29, 0.717) is 22.1 Å². The quantitative estimate of drug-likeness (QED) is 0.686. The maximum atomic E-state index is 12.5. The number of nitrogens with zero attached hydrogens (tertiary/aromatic N) is 3. The van der Waals surface area contributed by atoms with Crippen LogP contribution < -0.4 is 10.6 Å². The van der Waals surface area contributed by atoms with Crippen LogP contribution in [0.5, 0.6) is 0 Å². The van der Waals surface area contributed by atoms with E-state index in [-0.39, 0.29) is 18.1 Å². The Hall–Kier alpha value is -3.19. The molecule has 1 heterocycles. The maximum absolute atomic E-state index is 12.5. The third-order valence-corrected chi connectivity index (χ3v) is 4.51. The van der Waals surface area contributed by atoms with Crippen LogP contribution in [-0.4, -0.2) is 26.8 Å². The Balaban J connectivity index is 1.69. The molecule has 3 aromatic rings. The fourth-order valence-corrected chi connectivity index (χ4v) is 2.78. The highest BCUT2D eigenvalue weighted by atomic mass is 35.5. The lowest BCUT2D eigenvalue weighted by Crippen LogP contribution is -2.21. The van der Waals surface area contributed by atoms with Gasteiger partial charge in [0.15, 0.2) is 5.69 Å². The second-order valence-electron chi connectivity index (χ2n) is 6.51. The molecule has 0 fully saturated rings. The average molecular weight is 398 g/mol. The third-order valence-electron chi connectivity index (χ3n) is 4.27. The predicted molar refractivity (Wildman–Crippen MR) is 109 cm³/mol. The van der Waals surface area contributed by atoms with E-state index in [4.69, 9.17) is 11.6 Å². The third kappa shape index (κ3) is 4.55. The molecule has 0 saturated heterocycles. The van der Waals surface area contributed by atoms with Crippen molar-refractivity contribution in [2.24, 2.45) is 0 Å². The Bertz CT molecular complexity index is 1030. The molecule has 28 heavy (non-hydrogen) atoms. The number of aromatic nitrogens is 3. The predicted octanol–water partition coefficient (Wildman–Crippen LogP) is 3.75. The van der Waals surface area contributed by atoms with Crippen molar-refractivity contribution in [3.63, 3.8) is 0 Å². The Morgan fingerprint density at radius 1 is 1.04 bits per heavy atom. The summed E-state index contributed by atoms with van der Waals surface area (Å²) in [6, 6.07) is 12.7. The van der Waals surface area contributed by atoms with Crippen molar-refractivity contribution < 1.29 is 9.59 Å². The SMILES string of the molecule is Cc1ccc(NC(=O)Cn2nnc(C(=O)Nc3cc(Cl)ccc3C)c2C)cc1. The summed E-state index contributed by atoms with van der Waals surface area (Å²) in [5.41, 5.74) is 3.93. The summed E-state index contributed by atoms with van der Waals surface area (Å²) in [4.78, 5) is 24.8. The van der Waals surface area contributed by atoms with Gasteiger partial charge in [-0.2, -0.15) is 0 Å². The fraction of sp³-hybridized carbons (Fsp3) is 0.200. The zero-order valence-electron chi connectivity index (χ0n) is 15.8. The first-order valence-electron chi connectivity index (χ1n) is 8.67. The molecule has 0 radical (unpaired) electrons. The highest BCUT2D eigenvalue weighted by Gasteiger charge is 2.18. The smallest absolute Gasteiger partial charge is 0.278 e. The summed E-state index contributed by atoms with van der Waals surface area (Å²) in [5.74, 6) is -0.664. The number of nitrogens with one attached hydrogen (secondary N) is 2. The molecule has 0 unspecified atom stereocenters. The van der Waals surface area contributed by atoms with Crippen molar-refractivity contribution in [3.8, 4) is 0 Å².